The molecule has 20 heavy (non-hydrogen) atoms. The average molecular weight is 276 g/mol. The topological polar surface area (TPSA) is 15.3 Å². The van der Waals surface area contributed by atoms with Gasteiger partial charge in [0.15, 0.2) is 0 Å². The van der Waals surface area contributed by atoms with Crippen LogP contribution < -0.4 is 5.32 Å². The molecule has 0 unspecified atom stereocenters. The van der Waals surface area contributed by atoms with Crippen LogP contribution in [-0.4, -0.2) is 30.6 Å². The van der Waals surface area contributed by atoms with Crippen LogP contribution in [0.5, 0.6) is 0 Å². The monoisotopic (exact) mass is 276 g/mol. The molecule has 1 aromatic rings. The number of piperidine rings is 1. The lowest BCUT2D eigenvalue weighted by Crippen LogP contribution is -2.37. The number of hydrogen-bond donors (Lipinski definition) is 1. The summed E-state index contributed by atoms with van der Waals surface area (Å²) in [6.45, 7) is 6.23. The summed E-state index contributed by atoms with van der Waals surface area (Å²) in [5, 5.41) is 3.43. The van der Waals surface area contributed by atoms with Crippen LogP contribution in [0.15, 0.2) is 18.2 Å². The number of aryl methyl sites for hydroxylation is 1. The van der Waals surface area contributed by atoms with Crippen LogP contribution in [0.2, 0.25) is 0 Å². The smallest absolute Gasteiger partial charge is 0.126 e. The molecule has 1 saturated heterocycles. The third kappa shape index (κ3) is 3.58. The first-order valence-electron chi connectivity index (χ1n) is 7.92. The van der Waals surface area contributed by atoms with Crippen molar-refractivity contribution >= 4 is 0 Å². The maximum absolute atomic E-state index is 13.7. The van der Waals surface area contributed by atoms with Crippen molar-refractivity contribution in [1.29, 1.82) is 0 Å². The van der Waals surface area contributed by atoms with Gasteiger partial charge in [-0.2, -0.15) is 0 Å². The summed E-state index contributed by atoms with van der Waals surface area (Å²) in [5.74, 6) is 0.743. The highest BCUT2D eigenvalue weighted by Gasteiger charge is 2.30. The highest BCUT2D eigenvalue weighted by molar-refractivity contribution is 5.23. The molecule has 2 nitrogen and oxygen atoms in total. The van der Waals surface area contributed by atoms with Crippen molar-refractivity contribution in [3.05, 3.63) is 35.1 Å². The number of hydrogen-bond acceptors (Lipinski definition) is 2. The zero-order valence-corrected chi connectivity index (χ0v) is 12.4. The van der Waals surface area contributed by atoms with Gasteiger partial charge in [0.1, 0.15) is 5.82 Å². The summed E-state index contributed by atoms with van der Waals surface area (Å²) >= 11 is 0. The van der Waals surface area contributed by atoms with Gasteiger partial charge < -0.3 is 5.32 Å². The molecule has 2 aliphatic rings. The van der Waals surface area contributed by atoms with E-state index < -0.39 is 0 Å². The molecule has 3 rings (SSSR count). The van der Waals surface area contributed by atoms with Gasteiger partial charge in [-0.1, -0.05) is 12.1 Å². The Morgan fingerprint density at radius 1 is 1.20 bits per heavy atom. The average Bonchev–Trinajstić information content (AvgIpc) is 3.28. The largest absolute Gasteiger partial charge is 0.317 e. The Morgan fingerprint density at radius 2 is 1.95 bits per heavy atom. The van der Waals surface area contributed by atoms with E-state index in [1.54, 1.807) is 6.07 Å². The standard InChI is InChI=1S/C17H25FN2/c1-13-2-3-15(10-17(13)18)12-20(16-4-5-16)11-14-6-8-19-9-7-14/h2-3,10,14,16,19H,4-9,11-12H2,1H3. The zero-order chi connectivity index (χ0) is 13.9. The molecule has 2 fully saturated rings. The minimum absolute atomic E-state index is 0.0693. The number of benzene rings is 1. The predicted molar refractivity (Wildman–Crippen MR) is 80.2 cm³/mol. The second-order valence-electron chi connectivity index (χ2n) is 6.44. The summed E-state index contributed by atoms with van der Waals surface area (Å²) in [7, 11) is 0. The molecule has 3 heteroatoms. The van der Waals surface area contributed by atoms with E-state index in [0.717, 1.165) is 42.7 Å². The van der Waals surface area contributed by atoms with Crippen LogP contribution in [-0.2, 0) is 6.54 Å². The van der Waals surface area contributed by atoms with E-state index in [2.05, 4.69) is 16.3 Å². The molecule has 0 aromatic heterocycles. The van der Waals surface area contributed by atoms with Crippen LogP contribution >= 0.6 is 0 Å². The Morgan fingerprint density at radius 3 is 2.60 bits per heavy atom. The van der Waals surface area contributed by atoms with Crippen molar-refractivity contribution in [2.24, 2.45) is 5.92 Å². The molecule has 0 spiro atoms. The van der Waals surface area contributed by atoms with Gasteiger partial charge in [0.25, 0.3) is 0 Å². The molecule has 1 heterocycles. The van der Waals surface area contributed by atoms with E-state index in [1.807, 2.05) is 13.0 Å². The van der Waals surface area contributed by atoms with Gasteiger partial charge in [0.2, 0.25) is 0 Å². The predicted octanol–water partition coefficient (Wildman–Crippen LogP) is 3.10. The fourth-order valence-corrected chi connectivity index (χ4v) is 3.15. The molecule has 110 valence electrons. The van der Waals surface area contributed by atoms with Gasteiger partial charge >= 0.3 is 0 Å². The second-order valence-corrected chi connectivity index (χ2v) is 6.44. The first-order chi connectivity index (χ1) is 9.72. The maximum atomic E-state index is 13.7. The molecule has 1 aliphatic carbocycles. The van der Waals surface area contributed by atoms with Crippen molar-refractivity contribution in [2.75, 3.05) is 19.6 Å². The van der Waals surface area contributed by atoms with Gasteiger partial charge in [-0.15, -0.1) is 0 Å². The zero-order valence-electron chi connectivity index (χ0n) is 12.4. The van der Waals surface area contributed by atoms with E-state index in [-0.39, 0.29) is 5.82 Å². The molecule has 1 aromatic carbocycles. The highest BCUT2D eigenvalue weighted by Crippen LogP contribution is 2.30. The fourth-order valence-electron chi connectivity index (χ4n) is 3.15. The number of rotatable bonds is 5. The first kappa shape index (κ1) is 14.0. The van der Waals surface area contributed by atoms with E-state index >= 15 is 0 Å². The molecule has 0 amide bonds. The third-order valence-electron chi connectivity index (χ3n) is 4.64. The van der Waals surface area contributed by atoms with Crippen molar-refractivity contribution in [3.63, 3.8) is 0 Å². The van der Waals surface area contributed by atoms with E-state index in [4.69, 9.17) is 0 Å². The molecule has 1 saturated carbocycles. The Bertz CT molecular complexity index is 450. The quantitative estimate of drug-likeness (QED) is 0.889. The number of nitrogens with zero attached hydrogens (tertiary/aromatic N) is 1. The highest BCUT2D eigenvalue weighted by atomic mass is 19.1. The number of halogens is 1. The van der Waals surface area contributed by atoms with Crippen LogP contribution in [0.3, 0.4) is 0 Å². The molecule has 1 N–H and O–H groups in total. The summed E-state index contributed by atoms with van der Waals surface area (Å²) in [6.07, 6.45) is 5.20. The van der Waals surface area contributed by atoms with Gasteiger partial charge in [0.05, 0.1) is 0 Å². The first-order valence-corrected chi connectivity index (χ1v) is 7.92. The Balaban J connectivity index is 1.62. The lowest BCUT2D eigenvalue weighted by molar-refractivity contribution is 0.190. The minimum Gasteiger partial charge on any atom is -0.317 e. The Labute approximate surface area is 121 Å². The van der Waals surface area contributed by atoms with Crippen molar-refractivity contribution < 1.29 is 4.39 Å². The van der Waals surface area contributed by atoms with Gasteiger partial charge in [-0.3, -0.25) is 4.90 Å². The summed E-state index contributed by atoms with van der Waals surface area (Å²) in [6, 6.07) is 6.44. The summed E-state index contributed by atoms with van der Waals surface area (Å²) in [4.78, 5) is 2.58. The van der Waals surface area contributed by atoms with E-state index in [1.165, 1.54) is 32.2 Å². The molecule has 0 bridgehead atoms. The van der Waals surface area contributed by atoms with Crippen molar-refractivity contribution in [3.8, 4) is 0 Å². The Hall–Kier alpha value is -0.930. The van der Waals surface area contributed by atoms with Crippen molar-refractivity contribution in [2.45, 2.75) is 45.2 Å². The van der Waals surface area contributed by atoms with Crippen LogP contribution in [0, 0.1) is 18.7 Å². The van der Waals surface area contributed by atoms with Gasteiger partial charge in [-0.25, -0.2) is 4.39 Å². The maximum Gasteiger partial charge on any atom is 0.126 e. The molecule has 0 radical (unpaired) electrons. The molecule has 1 aliphatic heterocycles. The van der Waals surface area contributed by atoms with Crippen LogP contribution in [0.25, 0.3) is 0 Å². The molecular formula is C17H25FN2. The van der Waals surface area contributed by atoms with Gasteiger partial charge in [-0.05, 0) is 68.8 Å². The molecular weight excluding hydrogens is 251 g/mol. The summed E-state index contributed by atoms with van der Waals surface area (Å²) < 4.78 is 13.7. The van der Waals surface area contributed by atoms with Crippen LogP contribution in [0.4, 0.5) is 4.39 Å². The van der Waals surface area contributed by atoms with Crippen molar-refractivity contribution in [1.82, 2.24) is 10.2 Å². The van der Waals surface area contributed by atoms with Gasteiger partial charge in [0, 0.05) is 19.1 Å². The fraction of sp³-hybridized carbons (Fsp3) is 0.647. The SMILES string of the molecule is Cc1ccc(CN(CC2CCNCC2)C2CC2)cc1F. The summed E-state index contributed by atoms with van der Waals surface area (Å²) in [5.41, 5.74) is 1.86. The van der Waals surface area contributed by atoms with E-state index in [9.17, 15) is 4.39 Å². The lowest BCUT2D eigenvalue weighted by atomic mass is 9.97. The minimum atomic E-state index is -0.0693. The van der Waals surface area contributed by atoms with Crippen LogP contribution in [0.1, 0.15) is 36.8 Å². The lowest BCUT2D eigenvalue weighted by Gasteiger charge is -2.30. The number of nitrogens with one attached hydrogen (secondary N) is 1. The van der Waals surface area contributed by atoms with E-state index in [0.29, 0.717) is 0 Å². The normalized spacial score (nSPS) is 20.6. The molecule has 0 atom stereocenters. The third-order valence-corrected chi connectivity index (χ3v) is 4.64. The second kappa shape index (κ2) is 6.23. The Kier molecular flexibility index (Phi) is 4.37.